The molecule has 2 rings (SSSR count). The Hall–Kier alpha value is -1.79. The smallest absolute Gasteiger partial charge is 0.191 e. The van der Waals surface area contributed by atoms with Gasteiger partial charge in [-0.1, -0.05) is 37.2 Å². The summed E-state index contributed by atoms with van der Waals surface area (Å²) in [5.74, 6) is 6.73. The normalized spacial score (nSPS) is 10.3. The molecule has 0 amide bonds. The molecule has 1 aromatic carbocycles. The molecule has 0 bridgehead atoms. The highest BCUT2D eigenvalue weighted by atomic mass is 32.2. The molecule has 2 aromatic rings. The van der Waals surface area contributed by atoms with Crippen LogP contribution in [0.15, 0.2) is 35.5 Å². The number of aromatic nitrogens is 2. The number of nitrogen functional groups attached to an aromatic ring is 1. The van der Waals surface area contributed by atoms with Crippen LogP contribution in [0, 0.1) is 0 Å². The van der Waals surface area contributed by atoms with E-state index in [9.17, 15) is 0 Å². The van der Waals surface area contributed by atoms with E-state index in [1.165, 1.54) is 17.3 Å². The highest BCUT2D eigenvalue weighted by molar-refractivity contribution is 7.98. The van der Waals surface area contributed by atoms with E-state index in [4.69, 9.17) is 5.84 Å². The lowest BCUT2D eigenvalue weighted by molar-refractivity contribution is 0.922. The first-order valence-electron chi connectivity index (χ1n) is 6.50. The van der Waals surface area contributed by atoms with Gasteiger partial charge in [-0.3, -0.25) is 0 Å². The molecule has 0 unspecified atom stereocenters. The first-order valence-corrected chi connectivity index (χ1v) is 7.73. The number of rotatable bonds is 6. The predicted molar refractivity (Wildman–Crippen MR) is 85.3 cm³/mol. The summed E-state index contributed by atoms with van der Waals surface area (Å²) in [7, 11) is 0. The van der Waals surface area contributed by atoms with Gasteiger partial charge >= 0.3 is 0 Å². The third-order valence-corrected chi connectivity index (χ3v) is 3.35. The zero-order valence-electron chi connectivity index (χ0n) is 11.7. The minimum Gasteiger partial charge on any atom is -0.340 e. The maximum atomic E-state index is 5.41. The average molecular weight is 289 g/mol. The second kappa shape index (κ2) is 7.12. The van der Waals surface area contributed by atoms with Crippen molar-refractivity contribution in [3.05, 3.63) is 35.9 Å². The Morgan fingerprint density at radius 2 is 1.85 bits per heavy atom. The maximum absolute atomic E-state index is 5.41. The Balaban J connectivity index is 2.16. The molecule has 20 heavy (non-hydrogen) atoms. The number of nitrogens with zero attached hydrogens (tertiary/aromatic N) is 2. The Labute approximate surface area is 123 Å². The van der Waals surface area contributed by atoms with Crippen LogP contribution in [0.5, 0.6) is 0 Å². The standard InChI is InChI=1S/C14H19N5S/c1-3-4-10-5-7-11(8-6-10)16-12-9-13(19-15)18-14(17-12)20-2/h5-9H,3-4,15H2,1-2H3,(H2,16,17,18,19). The van der Waals surface area contributed by atoms with Gasteiger partial charge in [-0.25, -0.2) is 15.8 Å². The van der Waals surface area contributed by atoms with Crippen LogP contribution in [0.25, 0.3) is 0 Å². The van der Waals surface area contributed by atoms with Crippen molar-refractivity contribution in [1.82, 2.24) is 9.97 Å². The second-order valence-corrected chi connectivity index (χ2v) is 5.11. The van der Waals surface area contributed by atoms with Gasteiger partial charge in [0.15, 0.2) is 5.16 Å². The summed E-state index contributed by atoms with van der Waals surface area (Å²) in [5.41, 5.74) is 4.89. The number of hydrogen-bond donors (Lipinski definition) is 3. The van der Waals surface area contributed by atoms with Gasteiger partial charge in [0.1, 0.15) is 11.6 Å². The molecule has 4 N–H and O–H groups in total. The lowest BCUT2D eigenvalue weighted by atomic mass is 10.1. The maximum Gasteiger partial charge on any atom is 0.191 e. The van der Waals surface area contributed by atoms with Crippen LogP contribution in [-0.4, -0.2) is 16.2 Å². The van der Waals surface area contributed by atoms with Gasteiger partial charge in [0.05, 0.1) is 0 Å². The van der Waals surface area contributed by atoms with Crippen molar-refractivity contribution >= 4 is 29.1 Å². The van der Waals surface area contributed by atoms with Crippen molar-refractivity contribution in [2.45, 2.75) is 24.9 Å². The lowest BCUT2D eigenvalue weighted by Gasteiger charge is -2.09. The van der Waals surface area contributed by atoms with E-state index in [-0.39, 0.29) is 0 Å². The van der Waals surface area contributed by atoms with Crippen molar-refractivity contribution in [1.29, 1.82) is 0 Å². The molecule has 0 fully saturated rings. The van der Waals surface area contributed by atoms with Crippen molar-refractivity contribution in [3.63, 3.8) is 0 Å². The fourth-order valence-corrected chi connectivity index (χ4v) is 2.22. The van der Waals surface area contributed by atoms with Crippen LogP contribution < -0.4 is 16.6 Å². The number of nitrogens with two attached hydrogens (primary N) is 1. The molecule has 0 aliphatic heterocycles. The minimum atomic E-state index is 0.592. The highest BCUT2D eigenvalue weighted by Crippen LogP contribution is 2.21. The number of anilines is 3. The largest absolute Gasteiger partial charge is 0.340 e. The van der Waals surface area contributed by atoms with Gasteiger partial charge in [-0.15, -0.1) is 0 Å². The third-order valence-electron chi connectivity index (χ3n) is 2.80. The Morgan fingerprint density at radius 1 is 1.15 bits per heavy atom. The van der Waals surface area contributed by atoms with E-state index in [1.807, 2.05) is 6.26 Å². The molecule has 106 valence electrons. The van der Waals surface area contributed by atoms with Crippen molar-refractivity contribution < 1.29 is 0 Å². The number of benzene rings is 1. The van der Waals surface area contributed by atoms with Crippen LogP contribution in [0.4, 0.5) is 17.3 Å². The number of aryl methyl sites for hydroxylation is 1. The van der Waals surface area contributed by atoms with E-state index < -0.39 is 0 Å². The van der Waals surface area contributed by atoms with Crippen LogP contribution in [-0.2, 0) is 6.42 Å². The summed E-state index contributed by atoms with van der Waals surface area (Å²) in [6.45, 7) is 2.18. The topological polar surface area (TPSA) is 75.9 Å². The summed E-state index contributed by atoms with van der Waals surface area (Å²) in [6.07, 6.45) is 4.19. The van der Waals surface area contributed by atoms with E-state index in [0.717, 1.165) is 24.3 Å². The molecule has 0 saturated heterocycles. The fraction of sp³-hybridized carbons (Fsp3) is 0.286. The summed E-state index contributed by atoms with van der Waals surface area (Å²) >= 11 is 1.47. The van der Waals surface area contributed by atoms with Gasteiger partial charge in [0, 0.05) is 11.8 Å². The van der Waals surface area contributed by atoms with Crippen molar-refractivity contribution in [3.8, 4) is 0 Å². The van der Waals surface area contributed by atoms with Crippen LogP contribution >= 0.6 is 11.8 Å². The molecule has 0 saturated carbocycles. The molecule has 0 spiro atoms. The Morgan fingerprint density at radius 3 is 2.45 bits per heavy atom. The van der Waals surface area contributed by atoms with Gasteiger partial charge < -0.3 is 10.7 Å². The van der Waals surface area contributed by atoms with Crippen molar-refractivity contribution in [2.24, 2.45) is 5.84 Å². The molecule has 0 atom stereocenters. The summed E-state index contributed by atoms with van der Waals surface area (Å²) < 4.78 is 0. The van der Waals surface area contributed by atoms with Crippen LogP contribution in [0.3, 0.4) is 0 Å². The first-order chi connectivity index (χ1) is 9.75. The van der Waals surface area contributed by atoms with Crippen molar-refractivity contribution in [2.75, 3.05) is 17.0 Å². The number of hydrazine groups is 1. The summed E-state index contributed by atoms with van der Waals surface area (Å²) in [4.78, 5) is 8.63. The number of nitrogens with one attached hydrogen (secondary N) is 2. The third kappa shape index (κ3) is 3.85. The molecule has 0 aliphatic rings. The van der Waals surface area contributed by atoms with E-state index in [0.29, 0.717) is 11.0 Å². The minimum absolute atomic E-state index is 0.592. The monoisotopic (exact) mass is 289 g/mol. The molecular formula is C14H19N5S. The lowest BCUT2D eigenvalue weighted by Crippen LogP contribution is -2.10. The Kier molecular flexibility index (Phi) is 5.20. The molecular weight excluding hydrogens is 270 g/mol. The Bertz CT molecular complexity index is 534. The van der Waals surface area contributed by atoms with E-state index >= 15 is 0 Å². The van der Waals surface area contributed by atoms with Gasteiger partial charge in [0.25, 0.3) is 0 Å². The molecule has 6 heteroatoms. The molecule has 1 aromatic heterocycles. The zero-order chi connectivity index (χ0) is 14.4. The van der Waals surface area contributed by atoms with Crippen LogP contribution in [0.2, 0.25) is 0 Å². The average Bonchev–Trinajstić information content (AvgIpc) is 2.49. The summed E-state index contributed by atoms with van der Waals surface area (Å²) in [5, 5.41) is 3.93. The number of thioether (sulfide) groups is 1. The predicted octanol–water partition coefficient (Wildman–Crippen LogP) is 3.18. The molecule has 0 radical (unpaired) electrons. The SMILES string of the molecule is CCCc1ccc(Nc2cc(NN)nc(SC)n2)cc1. The number of hydrogen-bond acceptors (Lipinski definition) is 6. The summed E-state index contributed by atoms with van der Waals surface area (Å²) in [6, 6.07) is 10.2. The van der Waals surface area contributed by atoms with Gasteiger partial charge in [0.2, 0.25) is 0 Å². The molecule has 0 aliphatic carbocycles. The first kappa shape index (κ1) is 14.6. The van der Waals surface area contributed by atoms with Crippen LogP contribution in [0.1, 0.15) is 18.9 Å². The highest BCUT2D eigenvalue weighted by Gasteiger charge is 2.03. The molecule has 5 nitrogen and oxygen atoms in total. The molecule has 1 heterocycles. The van der Waals surface area contributed by atoms with Gasteiger partial charge in [-0.2, -0.15) is 0 Å². The second-order valence-electron chi connectivity index (χ2n) is 4.34. The van der Waals surface area contributed by atoms with E-state index in [2.05, 4.69) is 51.9 Å². The zero-order valence-corrected chi connectivity index (χ0v) is 12.5. The van der Waals surface area contributed by atoms with Gasteiger partial charge in [-0.05, 0) is 30.4 Å². The quantitative estimate of drug-likeness (QED) is 0.328. The fourth-order valence-electron chi connectivity index (χ4n) is 1.85. The van der Waals surface area contributed by atoms with E-state index in [1.54, 1.807) is 6.07 Å².